The van der Waals surface area contributed by atoms with Crippen molar-refractivity contribution in [3.8, 4) is 11.5 Å². The summed E-state index contributed by atoms with van der Waals surface area (Å²) in [7, 11) is 0. The first-order valence-electron chi connectivity index (χ1n) is 5.52. The predicted octanol–water partition coefficient (Wildman–Crippen LogP) is 4.05. The Labute approximate surface area is 115 Å². The fraction of sp³-hybridized carbons (Fsp3) is 0.154. The lowest BCUT2D eigenvalue weighted by atomic mass is 10.2. The van der Waals surface area contributed by atoms with Crippen LogP contribution in [0, 0.1) is 24.0 Å². The zero-order valence-electron chi connectivity index (χ0n) is 10.4. The van der Waals surface area contributed by atoms with Crippen LogP contribution in [-0.4, -0.2) is 9.91 Å². The number of pyridine rings is 1. The Balaban J connectivity index is 2.31. The maximum Gasteiger partial charge on any atom is 0.272 e. The molecule has 19 heavy (non-hydrogen) atoms. The SMILES string of the molecule is Cc1cnc(Cl)cc1Oc1ccc([N+](=O)[O-])c(C)c1. The zero-order chi connectivity index (χ0) is 14.0. The van der Waals surface area contributed by atoms with Crippen molar-refractivity contribution in [1.82, 2.24) is 4.98 Å². The van der Waals surface area contributed by atoms with Crippen LogP contribution in [0.1, 0.15) is 11.1 Å². The number of nitro groups is 1. The van der Waals surface area contributed by atoms with Gasteiger partial charge in [-0.05, 0) is 26.0 Å². The van der Waals surface area contributed by atoms with E-state index in [0.29, 0.717) is 22.2 Å². The smallest absolute Gasteiger partial charge is 0.272 e. The van der Waals surface area contributed by atoms with Crippen molar-refractivity contribution in [3.05, 3.63) is 56.9 Å². The summed E-state index contributed by atoms with van der Waals surface area (Å²) < 4.78 is 5.66. The Hall–Kier alpha value is -2.14. The fourth-order valence-corrected chi connectivity index (χ4v) is 1.76. The monoisotopic (exact) mass is 278 g/mol. The van der Waals surface area contributed by atoms with Gasteiger partial charge in [0.1, 0.15) is 16.7 Å². The van der Waals surface area contributed by atoms with Crippen molar-refractivity contribution in [2.24, 2.45) is 0 Å². The van der Waals surface area contributed by atoms with Crippen molar-refractivity contribution >= 4 is 17.3 Å². The molecule has 1 aromatic heterocycles. The summed E-state index contributed by atoms with van der Waals surface area (Å²) in [6.07, 6.45) is 1.61. The number of halogens is 1. The molecule has 0 amide bonds. The molecule has 0 bridgehead atoms. The van der Waals surface area contributed by atoms with Crippen LogP contribution in [0.25, 0.3) is 0 Å². The highest BCUT2D eigenvalue weighted by Crippen LogP contribution is 2.29. The van der Waals surface area contributed by atoms with E-state index < -0.39 is 4.92 Å². The number of rotatable bonds is 3. The van der Waals surface area contributed by atoms with Crippen LogP contribution < -0.4 is 4.74 Å². The number of aromatic nitrogens is 1. The molecule has 0 saturated carbocycles. The van der Waals surface area contributed by atoms with E-state index in [0.717, 1.165) is 5.56 Å². The van der Waals surface area contributed by atoms with Crippen LogP contribution in [0.15, 0.2) is 30.5 Å². The molecule has 0 aliphatic carbocycles. The van der Waals surface area contributed by atoms with Crippen LogP contribution in [-0.2, 0) is 0 Å². The van der Waals surface area contributed by atoms with E-state index >= 15 is 0 Å². The number of nitro benzene ring substituents is 1. The first kappa shape index (κ1) is 13.3. The maximum atomic E-state index is 10.7. The van der Waals surface area contributed by atoms with E-state index in [4.69, 9.17) is 16.3 Å². The third-order valence-corrected chi connectivity index (χ3v) is 2.82. The van der Waals surface area contributed by atoms with Gasteiger partial charge >= 0.3 is 0 Å². The minimum Gasteiger partial charge on any atom is -0.457 e. The summed E-state index contributed by atoms with van der Waals surface area (Å²) in [6, 6.07) is 6.20. The van der Waals surface area contributed by atoms with Crippen molar-refractivity contribution in [1.29, 1.82) is 0 Å². The molecule has 1 aromatic carbocycles. The third kappa shape index (κ3) is 3.00. The van der Waals surface area contributed by atoms with Gasteiger partial charge in [-0.25, -0.2) is 4.98 Å². The number of aryl methyl sites for hydroxylation is 2. The molecule has 2 aromatic rings. The molecule has 0 atom stereocenters. The Morgan fingerprint density at radius 2 is 2.00 bits per heavy atom. The quantitative estimate of drug-likeness (QED) is 0.482. The first-order chi connectivity index (χ1) is 8.97. The Morgan fingerprint density at radius 1 is 1.26 bits per heavy atom. The van der Waals surface area contributed by atoms with Crippen molar-refractivity contribution in [3.63, 3.8) is 0 Å². The largest absolute Gasteiger partial charge is 0.457 e. The molecule has 0 spiro atoms. The summed E-state index contributed by atoms with van der Waals surface area (Å²) in [6.45, 7) is 3.51. The molecule has 6 heteroatoms. The Bertz CT molecular complexity index is 644. The molecule has 98 valence electrons. The van der Waals surface area contributed by atoms with E-state index in [9.17, 15) is 10.1 Å². The molecule has 0 saturated heterocycles. The number of nitrogens with zero attached hydrogens (tertiary/aromatic N) is 2. The molecule has 0 unspecified atom stereocenters. The standard InChI is InChI=1S/C13H11ClN2O3/c1-8-5-10(3-4-11(8)16(17)18)19-12-6-13(14)15-7-9(12)2/h3-7H,1-2H3. The average molecular weight is 279 g/mol. The molecule has 1 heterocycles. The second-order valence-corrected chi connectivity index (χ2v) is 4.47. The van der Waals surface area contributed by atoms with Crippen LogP contribution in [0.5, 0.6) is 11.5 Å². The van der Waals surface area contributed by atoms with Gasteiger partial charge in [0.15, 0.2) is 0 Å². The molecule has 0 fully saturated rings. The summed E-state index contributed by atoms with van der Waals surface area (Å²) in [5.74, 6) is 1.10. The highest BCUT2D eigenvalue weighted by Gasteiger charge is 2.11. The van der Waals surface area contributed by atoms with Gasteiger partial charge in [0, 0.05) is 29.5 Å². The summed E-state index contributed by atoms with van der Waals surface area (Å²) in [5, 5.41) is 11.1. The molecule has 0 N–H and O–H groups in total. The molecule has 0 radical (unpaired) electrons. The summed E-state index contributed by atoms with van der Waals surface area (Å²) in [4.78, 5) is 14.2. The van der Waals surface area contributed by atoms with Gasteiger partial charge in [0.25, 0.3) is 5.69 Å². The second kappa shape index (κ2) is 5.24. The molecule has 2 rings (SSSR count). The van der Waals surface area contributed by atoms with Gasteiger partial charge in [-0.3, -0.25) is 10.1 Å². The van der Waals surface area contributed by atoms with Crippen LogP contribution in [0.4, 0.5) is 5.69 Å². The molecule has 0 aliphatic heterocycles. The lowest BCUT2D eigenvalue weighted by molar-refractivity contribution is -0.385. The minimum atomic E-state index is -0.423. The predicted molar refractivity (Wildman–Crippen MR) is 71.9 cm³/mol. The van der Waals surface area contributed by atoms with Crippen LogP contribution in [0.3, 0.4) is 0 Å². The van der Waals surface area contributed by atoms with Crippen molar-refractivity contribution < 1.29 is 9.66 Å². The maximum absolute atomic E-state index is 10.7. The molecular formula is C13H11ClN2O3. The van der Waals surface area contributed by atoms with Crippen molar-refractivity contribution in [2.75, 3.05) is 0 Å². The Kier molecular flexibility index (Phi) is 3.66. The van der Waals surface area contributed by atoms with Gasteiger partial charge in [-0.1, -0.05) is 11.6 Å². The number of benzene rings is 1. The lowest BCUT2D eigenvalue weighted by Crippen LogP contribution is -1.93. The number of hydrogen-bond donors (Lipinski definition) is 0. The van der Waals surface area contributed by atoms with E-state index in [1.165, 1.54) is 6.07 Å². The highest BCUT2D eigenvalue weighted by molar-refractivity contribution is 6.29. The molecule has 0 aliphatic rings. The fourth-order valence-electron chi connectivity index (χ4n) is 1.61. The minimum absolute atomic E-state index is 0.0665. The molecule has 5 nitrogen and oxygen atoms in total. The molecular weight excluding hydrogens is 268 g/mol. The average Bonchev–Trinajstić information content (AvgIpc) is 2.33. The highest BCUT2D eigenvalue weighted by atomic mass is 35.5. The summed E-state index contributed by atoms with van der Waals surface area (Å²) >= 11 is 5.80. The van der Waals surface area contributed by atoms with Gasteiger partial charge < -0.3 is 4.74 Å². The Morgan fingerprint density at radius 3 is 2.63 bits per heavy atom. The van der Waals surface area contributed by atoms with E-state index in [-0.39, 0.29) is 5.69 Å². The van der Waals surface area contributed by atoms with Crippen LogP contribution >= 0.6 is 11.6 Å². The van der Waals surface area contributed by atoms with Gasteiger partial charge in [-0.2, -0.15) is 0 Å². The summed E-state index contributed by atoms with van der Waals surface area (Å²) in [5.41, 5.74) is 1.44. The normalized spacial score (nSPS) is 10.3. The number of hydrogen-bond acceptors (Lipinski definition) is 4. The van der Waals surface area contributed by atoms with Crippen molar-refractivity contribution in [2.45, 2.75) is 13.8 Å². The van der Waals surface area contributed by atoms with E-state index in [1.807, 2.05) is 6.92 Å². The lowest BCUT2D eigenvalue weighted by Gasteiger charge is -2.09. The van der Waals surface area contributed by atoms with Gasteiger partial charge in [-0.15, -0.1) is 0 Å². The van der Waals surface area contributed by atoms with E-state index in [1.54, 1.807) is 31.3 Å². The zero-order valence-corrected chi connectivity index (χ0v) is 11.1. The number of ether oxygens (including phenoxy) is 1. The van der Waals surface area contributed by atoms with Gasteiger partial charge in [0.2, 0.25) is 0 Å². The van der Waals surface area contributed by atoms with E-state index in [2.05, 4.69) is 4.98 Å². The second-order valence-electron chi connectivity index (χ2n) is 4.08. The third-order valence-electron chi connectivity index (χ3n) is 2.61. The van der Waals surface area contributed by atoms with Gasteiger partial charge in [0.05, 0.1) is 4.92 Å². The first-order valence-corrected chi connectivity index (χ1v) is 5.90. The topological polar surface area (TPSA) is 65.3 Å². The van der Waals surface area contributed by atoms with Crippen LogP contribution in [0.2, 0.25) is 5.15 Å².